The quantitative estimate of drug-likeness (QED) is 0.911. The van der Waals surface area contributed by atoms with Crippen molar-refractivity contribution in [3.8, 4) is 0 Å². The Bertz CT molecular complexity index is 463. The lowest BCUT2D eigenvalue weighted by Gasteiger charge is -2.14. The van der Waals surface area contributed by atoms with Gasteiger partial charge in [-0.3, -0.25) is 4.68 Å². The van der Waals surface area contributed by atoms with Crippen molar-refractivity contribution in [3.05, 3.63) is 39.3 Å². The molecule has 0 aliphatic rings. The van der Waals surface area contributed by atoms with Gasteiger partial charge in [-0.05, 0) is 24.1 Å². The van der Waals surface area contributed by atoms with Gasteiger partial charge in [-0.25, -0.2) is 0 Å². The summed E-state index contributed by atoms with van der Waals surface area (Å²) in [5.41, 5.74) is 1.01. The summed E-state index contributed by atoms with van der Waals surface area (Å²) < 4.78 is 1.81. The van der Waals surface area contributed by atoms with Crippen molar-refractivity contribution in [1.82, 2.24) is 15.1 Å². The minimum Gasteiger partial charge on any atom is -0.304 e. The van der Waals surface area contributed by atoms with Gasteiger partial charge in [0.1, 0.15) is 0 Å². The fraction of sp³-hybridized carbons (Fsp3) is 0.364. The molecule has 2 heterocycles. The van der Waals surface area contributed by atoms with E-state index in [9.17, 15) is 0 Å². The number of hydrogen-bond acceptors (Lipinski definition) is 3. The molecule has 0 aliphatic heterocycles. The van der Waals surface area contributed by atoms with Crippen molar-refractivity contribution in [2.45, 2.75) is 13.0 Å². The third-order valence-corrected chi connectivity index (χ3v) is 3.77. The van der Waals surface area contributed by atoms with E-state index in [4.69, 9.17) is 11.6 Å². The van der Waals surface area contributed by atoms with Gasteiger partial charge in [-0.2, -0.15) is 5.10 Å². The predicted octanol–water partition coefficient (Wildman–Crippen LogP) is 2.83. The first-order chi connectivity index (χ1) is 7.72. The lowest BCUT2D eigenvalue weighted by Crippen LogP contribution is -2.22. The molecule has 0 saturated carbocycles. The molecule has 86 valence electrons. The maximum absolute atomic E-state index is 6.16. The van der Waals surface area contributed by atoms with E-state index in [0.717, 1.165) is 22.1 Å². The third-order valence-electron chi connectivity index (χ3n) is 2.35. The molecule has 2 aromatic rings. The van der Waals surface area contributed by atoms with Crippen molar-refractivity contribution in [1.29, 1.82) is 0 Å². The minimum atomic E-state index is 0.0960. The van der Waals surface area contributed by atoms with Gasteiger partial charge in [0.2, 0.25) is 0 Å². The van der Waals surface area contributed by atoms with Crippen LogP contribution in [0.15, 0.2) is 23.7 Å². The summed E-state index contributed by atoms with van der Waals surface area (Å²) in [6, 6.07) is 4.04. The zero-order valence-corrected chi connectivity index (χ0v) is 10.8. The fourth-order valence-electron chi connectivity index (χ4n) is 1.63. The van der Waals surface area contributed by atoms with Gasteiger partial charge < -0.3 is 5.32 Å². The molecular weight excluding hydrogens is 242 g/mol. The van der Waals surface area contributed by atoms with E-state index in [0.29, 0.717) is 0 Å². The van der Waals surface area contributed by atoms with Gasteiger partial charge in [0.25, 0.3) is 0 Å². The molecule has 1 unspecified atom stereocenters. The van der Waals surface area contributed by atoms with Crippen LogP contribution in [0.3, 0.4) is 0 Å². The number of halogens is 1. The molecule has 16 heavy (non-hydrogen) atoms. The summed E-state index contributed by atoms with van der Waals surface area (Å²) in [6.07, 6.45) is 1.95. The Morgan fingerprint density at radius 1 is 1.56 bits per heavy atom. The SMILES string of the molecule is CCNC(c1ccn(C)n1)c1sccc1Cl. The molecule has 0 fully saturated rings. The number of hydrogen-bond donors (Lipinski definition) is 1. The molecule has 0 radical (unpaired) electrons. The fourth-order valence-corrected chi connectivity index (χ4v) is 2.89. The normalized spacial score (nSPS) is 12.9. The van der Waals surface area contributed by atoms with Crippen molar-refractivity contribution in [2.75, 3.05) is 6.54 Å². The Morgan fingerprint density at radius 2 is 2.38 bits per heavy atom. The van der Waals surface area contributed by atoms with Crippen LogP contribution in [-0.4, -0.2) is 16.3 Å². The zero-order chi connectivity index (χ0) is 11.5. The van der Waals surface area contributed by atoms with E-state index in [-0.39, 0.29) is 6.04 Å². The Hall–Kier alpha value is -0.840. The van der Waals surface area contributed by atoms with Crippen LogP contribution in [-0.2, 0) is 7.05 Å². The van der Waals surface area contributed by atoms with Crippen molar-refractivity contribution < 1.29 is 0 Å². The van der Waals surface area contributed by atoms with Gasteiger partial charge in [0.15, 0.2) is 0 Å². The Morgan fingerprint density at radius 3 is 2.88 bits per heavy atom. The molecular formula is C11H14ClN3S. The highest BCUT2D eigenvalue weighted by molar-refractivity contribution is 7.10. The first-order valence-corrected chi connectivity index (χ1v) is 6.44. The first kappa shape index (κ1) is 11.6. The van der Waals surface area contributed by atoms with Gasteiger partial charge in [-0.15, -0.1) is 11.3 Å². The second-order valence-corrected chi connectivity index (χ2v) is 4.89. The van der Waals surface area contributed by atoms with E-state index in [1.807, 2.05) is 30.8 Å². The summed E-state index contributed by atoms with van der Waals surface area (Å²) >= 11 is 7.82. The summed E-state index contributed by atoms with van der Waals surface area (Å²) in [7, 11) is 1.92. The summed E-state index contributed by atoms with van der Waals surface area (Å²) in [6.45, 7) is 2.97. The summed E-state index contributed by atoms with van der Waals surface area (Å²) in [5, 5.41) is 10.6. The third kappa shape index (κ3) is 2.29. The average molecular weight is 256 g/mol. The predicted molar refractivity (Wildman–Crippen MR) is 68.1 cm³/mol. The van der Waals surface area contributed by atoms with Crippen LogP contribution in [0.1, 0.15) is 23.5 Å². The number of aromatic nitrogens is 2. The number of nitrogens with one attached hydrogen (secondary N) is 1. The van der Waals surface area contributed by atoms with Crippen LogP contribution >= 0.6 is 22.9 Å². The second-order valence-electron chi connectivity index (χ2n) is 3.54. The Balaban J connectivity index is 2.34. The highest BCUT2D eigenvalue weighted by Crippen LogP contribution is 2.31. The van der Waals surface area contributed by atoms with Crippen LogP contribution in [0.25, 0.3) is 0 Å². The largest absolute Gasteiger partial charge is 0.304 e. The number of thiophene rings is 1. The van der Waals surface area contributed by atoms with Gasteiger partial charge >= 0.3 is 0 Å². The van der Waals surface area contributed by atoms with Crippen LogP contribution < -0.4 is 5.32 Å². The maximum atomic E-state index is 6.16. The van der Waals surface area contributed by atoms with Crippen LogP contribution in [0.2, 0.25) is 5.02 Å². The molecule has 5 heteroatoms. The summed E-state index contributed by atoms with van der Waals surface area (Å²) in [5.74, 6) is 0. The lowest BCUT2D eigenvalue weighted by atomic mass is 10.1. The first-order valence-electron chi connectivity index (χ1n) is 5.18. The standard InChI is InChI=1S/C11H14ClN3S/c1-3-13-10(9-4-6-15(2)14-9)11-8(12)5-7-16-11/h4-7,10,13H,3H2,1-2H3. The molecule has 3 nitrogen and oxygen atoms in total. The van der Waals surface area contributed by atoms with Crippen molar-refractivity contribution in [3.63, 3.8) is 0 Å². The van der Waals surface area contributed by atoms with Crippen molar-refractivity contribution in [2.24, 2.45) is 7.05 Å². The molecule has 0 amide bonds. The van der Waals surface area contributed by atoms with Gasteiger partial charge in [0.05, 0.1) is 16.8 Å². The molecule has 0 aromatic carbocycles. The van der Waals surface area contributed by atoms with Gasteiger partial charge in [0, 0.05) is 18.1 Å². The zero-order valence-electron chi connectivity index (χ0n) is 9.27. The lowest BCUT2D eigenvalue weighted by molar-refractivity contribution is 0.607. The van der Waals surface area contributed by atoms with E-state index < -0.39 is 0 Å². The number of aryl methyl sites for hydroxylation is 1. The molecule has 2 rings (SSSR count). The van der Waals surface area contributed by atoms with Crippen molar-refractivity contribution >= 4 is 22.9 Å². The number of rotatable bonds is 4. The van der Waals surface area contributed by atoms with Gasteiger partial charge in [-0.1, -0.05) is 18.5 Å². The van der Waals surface area contributed by atoms with E-state index in [1.165, 1.54) is 0 Å². The molecule has 0 saturated heterocycles. The monoisotopic (exact) mass is 255 g/mol. The number of nitrogens with zero attached hydrogens (tertiary/aromatic N) is 2. The minimum absolute atomic E-state index is 0.0960. The topological polar surface area (TPSA) is 29.9 Å². The van der Waals surface area contributed by atoms with E-state index in [1.54, 1.807) is 16.0 Å². The highest BCUT2D eigenvalue weighted by Gasteiger charge is 2.19. The molecule has 1 N–H and O–H groups in total. The molecule has 0 spiro atoms. The smallest absolute Gasteiger partial charge is 0.0878 e. The van der Waals surface area contributed by atoms with Crippen LogP contribution in [0.5, 0.6) is 0 Å². The highest BCUT2D eigenvalue weighted by atomic mass is 35.5. The Kier molecular flexibility index (Phi) is 3.63. The summed E-state index contributed by atoms with van der Waals surface area (Å²) in [4.78, 5) is 1.13. The molecule has 0 aliphatic carbocycles. The molecule has 1 atom stereocenters. The Labute approximate surface area is 104 Å². The van der Waals surface area contributed by atoms with Crippen LogP contribution in [0, 0.1) is 0 Å². The molecule has 0 bridgehead atoms. The average Bonchev–Trinajstić information content (AvgIpc) is 2.84. The van der Waals surface area contributed by atoms with E-state index in [2.05, 4.69) is 17.3 Å². The van der Waals surface area contributed by atoms with Crippen LogP contribution in [0.4, 0.5) is 0 Å². The van der Waals surface area contributed by atoms with E-state index >= 15 is 0 Å². The second kappa shape index (κ2) is 4.99. The molecule has 2 aromatic heterocycles. The maximum Gasteiger partial charge on any atom is 0.0878 e.